The Labute approximate surface area is 146 Å². The molecule has 1 fully saturated rings. The van der Waals surface area contributed by atoms with Crippen LogP contribution in [0.25, 0.3) is 0 Å². The van der Waals surface area contributed by atoms with Gasteiger partial charge in [0.1, 0.15) is 5.75 Å². The number of aliphatic hydroxyl groups excluding tert-OH is 1. The monoisotopic (exact) mass is 347 g/mol. The molecule has 0 unspecified atom stereocenters. The molecule has 0 bridgehead atoms. The van der Waals surface area contributed by atoms with Crippen molar-refractivity contribution in [1.82, 2.24) is 4.90 Å². The van der Waals surface area contributed by atoms with Crippen molar-refractivity contribution in [2.24, 2.45) is 5.92 Å². The number of benzene rings is 2. The number of rotatable bonds is 5. The Hall–Kier alpha value is -1.98. The number of aliphatic hydroxyl groups is 1. The van der Waals surface area contributed by atoms with Crippen molar-refractivity contribution in [3.05, 3.63) is 65.7 Å². The Balaban J connectivity index is 1.90. The molecular formula is C20H23F2NO2. The van der Waals surface area contributed by atoms with Gasteiger partial charge in [-0.3, -0.25) is 4.90 Å². The standard InChI is InChI=1S/C20H23F2NO2/c1-25-18-9-7-15(8-10-18)12-23-14-20(21,22)11-17(13-24)19(23)16-5-3-2-4-6-16/h2-10,17,19,24H,11-14H2,1H3/t17-,19-/m1/s1. The van der Waals surface area contributed by atoms with Crippen LogP contribution in [0.5, 0.6) is 5.75 Å². The van der Waals surface area contributed by atoms with Gasteiger partial charge in [-0.2, -0.15) is 0 Å². The average Bonchev–Trinajstić information content (AvgIpc) is 2.62. The van der Waals surface area contributed by atoms with Gasteiger partial charge in [0, 0.05) is 31.5 Å². The molecule has 0 radical (unpaired) electrons. The smallest absolute Gasteiger partial charge is 0.261 e. The fraction of sp³-hybridized carbons (Fsp3) is 0.400. The van der Waals surface area contributed by atoms with Gasteiger partial charge in [-0.15, -0.1) is 0 Å². The summed E-state index contributed by atoms with van der Waals surface area (Å²) in [7, 11) is 1.59. The molecule has 0 amide bonds. The number of likely N-dealkylation sites (tertiary alicyclic amines) is 1. The molecule has 5 heteroatoms. The van der Waals surface area contributed by atoms with Crippen LogP contribution in [0.4, 0.5) is 8.78 Å². The van der Waals surface area contributed by atoms with Gasteiger partial charge < -0.3 is 9.84 Å². The number of nitrogens with zero attached hydrogens (tertiary/aromatic N) is 1. The zero-order valence-corrected chi connectivity index (χ0v) is 14.2. The summed E-state index contributed by atoms with van der Waals surface area (Å²) >= 11 is 0. The minimum atomic E-state index is -2.80. The Bertz CT molecular complexity index is 676. The molecule has 2 aromatic carbocycles. The van der Waals surface area contributed by atoms with Gasteiger partial charge in [-0.05, 0) is 23.3 Å². The van der Waals surface area contributed by atoms with Gasteiger partial charge in [0.05, 0.1) is 13.7 Å². The molecule has 0 saturated carbocycles. The predicted molar refractivity (Wildman–Crippen MR) is 92.7 cm³/mol. The molecule has 3 rings (SSSR count). The average molecular weight is 347 g/mol. The van der Waals surface area contributed by atoms with Crippen molar-refractivity contribution < 1.29 is 18.6 Å². The first kappa shape index (κ1) is 17.8. The first-order chi connectivity index (χ1) is 12.0. The third-order valence-electron chi connectivity index (χ3n) is 4.76. The van der Waals surface area contributed by atoms with Crippen molar-refractivity contribution in [3.63, 3.8) is 0 Å². The highest BCUT2D eigenvalue weighted by Crippen LogP contribution is 2.42. The van der Waals surface area contributed by atoms with E-state index in [0.29, 0.717) is 6.54 Å². The molecule has 1 aliphatic heterocycles. The van der Waals surface area contributed by atoms with Crippen LogP contribution in [-0.4, -0.2) is 36.2 Å². The molecule has 25 heavy (non-hydrogen) atoms. The van der Waals surface area contributed by atoms with Crippen molar-refractivity contribution in [3.8, 4) is 5.75 Å². The number of halogens is 2. The minimum Gasteiger partial charge on any atom is -0.497 e. The SMILES string of the molecule is COc1ccc(CN2CC(F)(F)C[C@H](CO)[C@H]2c2ccccc2)cc1. The first-order valence-corrected chi connectivity index (χ1v) is 8.43. The Morgan fingerprint density at radius 2 is 1.80 bits per heavy atom. The highest BCUT2D eigenvalue weighted by atomic mass is 19.3. The normalized spacial score (nSPS) is 23.4. The van der Waals surface area contributed by atoms with Gasteiger partial charge in [0.25, 0.3) is 5.92 Å². The second-order valence-electron chi connectivity index (χ2n) is 6.61. The summed E-state index contributed by atoms with van der Waals surface area (Å²) in [5.74, 6) is -2.56. The lowest BCUT2D eigenvalue weighted by atomic mass is 9.83. The maximum absolute atomic E-state index is 14.2. The van der Waals surface area contributed by atoms with E-state index in [1.807, 2.05) is 54.6 Å². The van der Waals surface area contributed by atoms with Crippen LogP contribution in [0.2, 0.25) is 0 Å². The fourth-order valence-electron chi connectivity index (χ4n) is 3.67. The molecule has 1 aliphatic rings. The van der Waals surface area contributed by atoms with Crippen molar-refractivity contribution >= 4 is 0 Å². The van der Waals surface area contributed by atoms with Crippen molar-refractivity contribution in [2.75, 3.05) is 20.3 Å². The van der Waals surface area contributed by atoms with Crippen LogP contribution in [0.15, 0.2) is 54.6 Å². The van der Waals surface area contributed by atoms with Crippen molar-refractivity contribution in [1.29, 1.82) is 0 Å². The largest absolute Gasteiger partial charge is 0.497 e. The molecule has 1 heterocycles. The zero-order chi connectivity index (χ0) is 17.9. The third kappa shape index (κ3) is 4.17. The summed E-state index contributed by atoms with van der Waals surface area (Å²) in [6.45, 7) is -0.168. The lowest BCUT2D eigenvalue weighted by molar-refractivity contribution is -0.120. The van der Waals surface area contributed by atoms with E-state index in [2.05, 4.69) is 0 Å². The Morgan fingerprint density at radius 1 is 1.12 bits per heavy atom. The quantitative estimate of drug-likeness (QED) is 0.891. The number of piperidine rings is 1. The Kier molecular flexibility index (Phi) is 5.35. The minimum absolute atomic E-state index is 0.229. The zero-order valence-electron chi connectivity index (χ0n) is 14.2. The summed E-state index contributed by atoms with van der Waals surface area (Å²) in [6, 6.07) is 16.8. The summed E-state index contributed by atoms with van der Waals surface area (Å²) in [5.41, 5.74) is 1.90. The van der Waals surface area contributed by atoms with E-state index in [0.717, 1.165) is 16.9 Å². The first-order valence-electron chi connectivity index (χ1n) is 8.43. The topological polar surface area (TPSA) is 32.7 Å². The maximum atomic E-state index is 14.2. The fourth-order valence-corrected chi connectivity index (χ4v) is 3.67. The number of alkyl halides is 2. The van der Waals surface area contributed by atoms with Gasteiger partial charge >= 0.3 is 0 Å². The summed E-state index contributed by atoms with van der Waals surface area (Å²) < 4.78 is 33.6. The molecule has 2 aromatic rings. The highest BCUT2D eigenvalue weighted by Gasteiger charge is 2.45. The predicted octanol–water partition coefficient (Wildman–Crippen LogP) is 3.89. The van der Waals surface area contributed by atoms with Crippen molar-refractivity contribution in [2.45, 2.75) is 24.9 Å². The summed E-state index contributed by atoms with van der Waals surface area (Å²) in [6.07, 6.45) is -0.290. The molecule has 0 spiro atoms. The van der Waals surface area contributed by atoms with E-state index >= 15 is 0 Å². The van der Waals surface area contributed by atoms with E-state index in [1.165, 1.54) is 0 Å². The maximum Gasteiger partial charge on any atom is 0.261 e. The van der Waals surface area contributed by atoms with Gasteiger partial charge in [-0.1, -0.05) is 42.5 Å². The number of ether oxygens (including phenoxy) is 1. The molecule has 1 saturated heterocycles. The van der Waals surface area contributed by atoms with E-state index in [1.54, 1.807) is 12.0 Å². The van der Waals surface area contributed by atoms with E-state index < -0.39 is 11.8 Å². The molecule has 0 aromatic heterocycles. The van der Waals surface area contributed by atoms with E-state index in [-0.39, 0.29) is 25.6 Å². The second kappa shape index (κ2) is 7.50. The van der Waals surface area contributed by atoms with Crippen LogP contribution >= 0.6 is 0 Å². The van der Waals surface area contributed by atoms with Gasteiger partial charge in [0.2, 0.25) is 0 Å². The van der Waals surface area contributed by atoms with Crippen LogP contribution in [0, 0.1) is 5.92 Å². The highest BCUT2D eigenvalue weighted by molar-refractivity contribution is 5.28. The number of hydrogen-bond donors (Lipinski definition) is 1. The second-order valence-corrected chi connectivity index (χ2v) is 6.61. The summed E-state index contributed by atoms with van der Waals surface area (Å²) in [4.78, 5) is 1.78. The van der Waals surface area contributed by atoms with E-state index in [9.17, 15) is 13.9 Å². The number of methoxy groups -OCH3 is 1. The van der Waals surface area contributed by atoms with Crippen LogP contribution in [0.1, 0.15) is 23.6 Å². The van der Waals surface area contributed by atoms with Crippen LogP contribution in [-0.2, 0) is 6.54 Å². The number of hydrogen-bond acceptors (Lipinski definition) is 3. The van der Waals surface area contributed by atoms with E-state index in [4.69, 9.17) is 4.74 Å². The molecule has 2 atom stereocenters. The lowest BCUT2D eigenvalue weighted by Crippen LogP contribution is -2.49. The van der Waals surface area contributed by atoms with Crippen LogP contribution in [0.3, 0.4) is 0 Å². The van der Waals surface area contributed by atoms with Crippen LogP contribution < -0.4 is 4.74 Å². The van der Waals surface area contributed by atoms with Gasteiger partial charge in [-0.25, -0.2) is 8.78 Å². The molecular weight excluding hydrogens is 324 g/mol. The van der Waals surface area contributed by atoms with Gasteiger partial charge in [0.15, 0.2) is 0 Å². The molecule has 134 valence electrons. The summed E-state index contributed by atoms with van der Waals surface area (Å²) in [5, 5.41) is 9.73. The Morgan fingerprint density at radius 3 is 2.40 bits per heavy atom. The molecule has 1 N–H and O–H groups in total. The molecule has 0 aliphatic carbocycles. The lowest BCUT2D eigenvalue weighted by Gasteiger charge is -2.44. The third-order valence-corrected chi connectivity index (χ3v) is 4.76. The molecule has 3 nitrogen and oxygen atoms in total.